The van der Waals surface area contributed by atoms with Gasteiger partial charge in [-0.25, -0.2) is 0 Å². The second kappa shape index (κ2) is 18.0. The molecule has 1 nitrogen and oxygen atoms in total. The summed E-state index contributed by atoms with van der Waals surface area (Å²) in [5.41, 5.74) is 0. The first kappa shape index (κ1) is 27.0. The van der Waals surface area contributed by atoms with Gasteiger partial charge in [-0.15, -0.1) is 11.8 Å². The second-order valence-corrected chi connectivity index (χ2v) is 8.96. The van der Waals surface area contributed by atoms with Crippen LogP contribution in [0.4, 0.5) is 0 Å². The lowest BCUT2D eigenvalue weighted by Gasteiger charge is -2.20. The molecule has 28 heavy (non-hydrogen) atoms. The molecule has 0 saturated heterocycles. The van der Waals surface area contributed by atoms with E-state index in [4.69, 9.17) is 0 Å². The molecule has 0 radical (unpaired) electrons. The van der Waals surface area contributed by atoms with E-state index in [1.165, 1.54) is 32.1 Å². The molecule has 1 atom stereocenters. The molecule has 0 aromatic rings. The number of hydrogen-bond donors (Lipinski definition) is 0. The summed E-state index contributed by atoms with van der Waals surface area (Å²) in [6.45, 7) is 13.3. The lowest BCUT2D eigenvalue weighted by atomic mass is 9.85. The van der Waals surface area contributed by atoms with Gasteiger partial charge in [0.25, 0.3) is 0 Å². The quantitative estimate of drug-likeness (QED) is 0.330. The van der Waals surface area contributed by atoms with Crippen molar-refractivity contribution in [2.75, 3.05) is 0 Å². The van der Waals surface area contributed by atoms with Crippen molar-refractivity contribution in [3.8, 4) is 11.8 Å². The summed E-state index contributed by atoms with van der Waals surface area (Å²) in [6.07, 6.45) is 18.4. The van der Waals surface area contributed by atoms with E-state index in [1.54, 1.807) is 0 Å². The summed E-state index contributed by atoms with van der Waals surface area (Å²) in [7, 11) is 0. The zero-order chi connectivity index (χ0) is 21.2. The summed E-state index contributed by atoms with van der Waals surface area (Å²) in [6, 6.07) is 0. The van der Waals surface area contributed by atoms with E-state index in [0.717, 1.165) is 56.8 Å². The molecule has 0 bridgehead atoms. The Kier molecular flexibility index (Phi) is 17.4. The maximum Gasteiger partial charge on any atom is 0.136 e. The highest BCUT2D eigenvalue weighted by atomic mass is 16.1. The normalized spacial score (nSPS) is 18.4. The topological polar surface area (TPSA) is 17.1 Å². The molecule has 0 heterocycles. The molecule has 1 unspecified atom stereocenters. The van der Waals surface area contributed by atoms with Crippen molar-refractivity contribution in [3.63, 3.8) is 0 Å². The molecule has 0 spiro atoms. The van der Waals surface area contributed by atoms with Crippen LogP contribution in [-0.4, -0.2) is 5.78 Å². The predicted molar refractivity (Wildman–Crippen MR) is 125 cm³/mol. The molecule has 0 N–H and O–H groups in total. The predicted octanol–water partition coefficient (Wildman–Crippen LogP) is 8.38. The van der Waals surface area contributed by atoms with E-state index < -0.39 is 0 Å². The number of unbranched alkanes of at least 4 members (excludes halogenated alkanes) is 1. The van der Waals surface area contributed by atoms with Crippen molar-refractivity contribution >= 4 is 5.78 Å². The van der Waals surface area contributed by atoms with Crippen LogP contribution in [0.1, 0.15) is 119 Å². The van der Waals surface area contributed by atoms with Crippen LogP contribution in [0.3, 0.4) is 0 Å². The fourth-order valence-corrected chi connectivity index (χ4v) is 3.60. The summed E-state index contributed by atoms with van der Waals surface area (Å²) < 4.78 is 0. The lowest BCUT2D eigenvalue weighted by molar-refractivity contribution is -0.123. The van der Waals surface area contributed by atoms with Crippen LogP contribution in [0, 0.1) is 35.5 Å². The molecule has 2 rings (SSSR count). The van der Waals surface area contributed by atoms with Crippen molar-refractivity contribution < 1.29 is 4.79 Å². The zero-order valence-corrected chi connectivity index (χ0v) is 19.9. The van der Waals surface area contributed by atoms with Crippen molar-refractivity contribution in [1.82, 2.24) is 0 Å². The van der Waals surface area contributed by atoms with Gasteiger partial charge in [-0.2, -0.15) is 0 Å². The fraction of sp³-hybridized carbons (Fsp3) is 0.815. The van der Waals surface area contributed by atoms with Gasteiger partial charge in [0.2, 0.25) is 0 Å². The number of rotatable bonds is 6. The average Bonchev–Trinajstić information content (AvgIpc) is 3.13. The highest BCUT2D eigenvalue weighted by Crippen LogP contribution is 2.26. The van der Waals surface area contributed by atoms with E-state index in [0.29, 0.717) is 17.6 Å². The first-order valence-electron chi connectivity index (χ1n) is 12.1. The Morgan fingerprint density at radius 2 is 1.39 bits per heavy atom. The fourth-order valence-electron chi connectivity index (χ4n) is 3.60. The van der Waals surface area contributed by atoms with Gasteiger partial charge < -0.3 is 0 Å². The third-order valence-corrected chi connectivity index (χ3v) is 5.95. The number of ketones is 1. The number of carbonyl (C=O) groups is 1. The minimum Gasteiger partial charge on any atom is -0.299 e. The first-order valence-corrected chi connectivity index (χ1v) is 12.1. The van der Waals surface area contributed by atoms with Gasteiger partial charge in [-0.05, 0) is 56.3 Å². The van der Waals surface area contributed by atoms with Crippen LogP contribution in [0.2, 0.25) is 0 Å². The molecule has 0 aliphatic heterocycles. The van der Waals surface area contributed by atoms with E-state index in [2.05, 4.69) is 65.5 Å². The summed E-state index contributed by atoms with van der Waals surface area (Å²) >= 11 is 0. The SMILES string of the molecule is CC(C)CC(=O)C1CCC=CCC1.CCC(C)C1CCC#CCC1.CCCC. The Balaban J connectivity index is 0.000000442. The molecule has 2 aliphatic carbocycles. The maximum absolute atomic E-state index is 11.7. The van der Waals surface area contributed by atoms with Crippen LogP contribution >= 0.6 is 0 Å². The van der Waals surface area contributed by atoms with Crippen LogP contribution in [-0.2, 0) is 4.79 Å². The molecule has 0 aromatic carbocycles. The third-order valence-electron chi connectivity index (χ3n) is 5.95. The molecular weight excluding hydrogens is 340 g/mol. The lowest BCUT2D eigenvalue weighted by Crippen LogP contribution is -2.15. The summed E-state index contributed by atoms with van der Waals surface area (Å²) in [5.74, 6) is 9.59. The zero-order valence-electron chi connectivity index (χ0n) is 19.9. The Morgan fingerprint density at radius 1 is 0.893 bits per heavy atom. The monoisotopic (exact) mass is 388 g/mol. The molecule has 0 fully saturated rings. The Hall–Kier alpha value is -1.03. The van der Waals surface area contributed by atoms with Crippen molar-refractivity contribution in [3.05, 3.63) is 12.2 Å². The van der Waals surface area contributed by atoms with Gasteiger partial charge in [0.1, 0.15) is 5.78 Å². The van der Waals surface area contributed by atoms with Gasteiger partial charge in [0.15, 0.2) is 0 Å². The second-order valence-electron chi connectivity index (χ2n) is 8.96. The van der Waals surface area contributed by atoms with Crippen molar-refractivity contribution in [1.29, 1.82) is 0 Å². The molecule has 0 saturated carbocycles. The maximum atomic E-state index is 11.7. The van der Waals surface area contributed by atoms with Gasteiger partial charge in [-0.1, -0.05) is 73.0 Å². The molecule has 2 aliphatic rings. The largest absolute Gasteiger partial charge is 0.299 e. The molecular formula is C27H48O. The highest BCUT2D eigenvalue weighted by molar-refractivity contribution is 5.81. The van der Waals surface area contributed by atoms with Gasteiger partial charge >= 0.3 is 0 Å². The summed E-state index contributed by atoms with van der Waals surface area (Å²) in [4.78, 5) is 11.7. The average molecular weight is 389 g/mol. The first-order chi connectivity index (χ1) is 13.5. The molecule has 1 heteroatoms. The number of Topliss-reactive ketones (excluding diaryl/α,β-unsaturated/α-hetero) is 1. The minimum atomic E-state index is 0.345. The van der Waals surface area contributed by atoms with E-state index in [-0.39, 0.29) is 0 Å². The Labute approximate surface area is 177 Å². The molecule has 0 amide bonds. The van der Waals surface area contributed by atoms with E-state index >= 15 is 0 Å². The standard InChI is InChI=1S/C12H20O.C11H18.C4H10/c1-10(2)9-12(13)11-7-5-3-4-6-8-11;1-3-10(2)11-8-6-4-5-7-9-11;1-3-4-2/h3-4,10-11H,5-9H2,1-2H3;10-11H,3,6-9H2,1-2H3;3-4H2,1-2H3. The van der Waals surface area contributed by atoms with Crippen LogP contribution in [0.5, 0.6) is 0 Å². The Bertz CT molecular complexity index is 438. The van der Waals surface area contributed by atoms with Crippen LogP contribution in [0.25, 0.3) is 0 Å². The number of carbonyl (C=O) groups excluding carboxylic acids is 1. The minimum absolute atomic E-state index is 0.345. The summed E-state index contributed by atoms with van der Waals surface area (Å²) in [5, 5.41) is 0. The third kappa shape index (κ3) is 14.0. The van der Waals surface area contributed by atoms with Gasteiger partial charge in [0.05, 0.1) is 0 Å². The smallest absolute Gasteiger partial charge is 0.136 e. The van der Waals surface area contributed by atoms with Crippen molar-refractivity contribution in [2.45, 2.75) is 119 Å². The molecule has 0 aromatic heterocycles. The number of hydrogen-bond acceptors (Lipinski definition) is 1. The number of allylic oxidation sites excluding steroid dienone is 2. The van der Waals surface area contributed by atoms with E-state index in [1.807, 2.05) is 0 Å². The van der Waals surface area contributed by atoms with Crippen LogP contribution in [0.15, 0.2) is 12.2 Å². The Morgan fingerprint density at radius 3 is 1.79 bits per heavy atom. The highest BCUT2D eigenvalue weighted by Gasteiger charge is 2.18. The van der Waals surface area contributed by atoms with Crippen molar-refractivity contribution in [2.24, 2.45) is 23.7 Å². The van der Waals surface area contributed by atoms with Gasteiger partial charge in [0, 0.05) is 25.2 Å². The molecule has 162 valence electrons. The van der Waals surface area contributed by atoms with Crippen LogP contribution < -0.4 is 0 Å². The van der Waals surface area contributed by atoms with E-state index in [9.17, 15) is 4.79 Å². The van der Waals surface area contributed by atoms with Gasteiger partial charge in [-0.3, -0.25) is 4.79 Å².